The molecule has 1 unspecified atom stereocenters. The van der Waals surface area contributed by atoms with Crippen LogP contribution in [0.4, 0.5) is 0 Å². The van der Waals surface area contributed by atoms with E-state index in [9.17, 15) is 9.59 Å². The van der Waals surface area contributed by atoms with Gasteiger partial charge >= 0.3 is 0 Å². The Balaban J connectivity index is 1.36. The maximum absolute atomic E-state index is 13.7. The number of aromatic amines is 1. The number of H-pyrrole nitrogens is 1. The number of piperidine rings is 1. The topological polar surface area (TPSA) is 98.9 Å². The number of carbonyl (C=O) groups excluding carboxylic acids is 2. The molecule has 1 aromatic heterocycles. The van der Waals surface area contributed by atoms with Gasteiger partial charge in [-0.25, -0.2) is 4.98 Å². The van der Waals surface area contributed by atoms with Crippen LogP contribution in [0, 0.1) is 0 Å². The zero-order valence-corrected chi connectivity index (χ0v) is 23.0. The number of nitrogens with zero attached hydrogens (tertiary/aromatic N) is 1. The fourth-order valence-corrected chi connectivity index (χ4v) is 5.92. The summed E-state index contributed by atoms with van der Waals surface area (Å²) in [5.41, 5.74) is 4.46. The first kappa shape index (κ1) is 26.6. The Morgan fingerprint density at radius 2 is 1.49 bits per heavy atom. The van der Waals surface area contributed by atoms with E-state index in [1.54, 1.807) is 0 Å². The van der Waals surface area contributed by atoms with Crippen molar-refractivity contribution in [3.05, 3.63) is 90.3 Å². The van der Waals surface area contributed by atoms with E-state index in [4.69, 9.17) is 0 Å². The monoisotopic (exact) mass is 523 g/mol. The number of hydrogen-bond donors (Lipinski definition) is 4. The van der Waals surface area contributed by atoms with Crippen molar-refractivity contribution in [3.8, 4) is 11.1 Å². The summed E-state index contributed by atoms with van der Waals surface area (Å²) in [5, 5.41) is 9.86. The van der Waals surface area contributed by atoms with Gasteiger partial charge in [0, 0.05) is 23.5 Å². The van der Waals surface area contributed by atoms with Gasteiger partial charge in [0.05, 0.1) is 11.0 Å². The third kappa shape index (κ3) is 6.55. The molecule has 2 heterocycles. The molecule has 0 saturated carbocycles. The van der Waals surface area contributed by atoms with E-state index in [1.807, 2.05) is 54.6 Å². The number of nitrogens with one attached hydrogen (secondary N) is 4. The Labute approximate surface area is 229 Å². The standard InChI is InChI=1S/C32H37N5O2/c1-31(2)19-24(20-32(3,4)37-31)33-29(38)27(36-30(39)28-34-25-12-8-9-13-26(25)35-28)18-21-14-16-23(17-15-21)22-10-6-5-7-11-22/h5-17,24,27,37H,18-20H2,1-4H3,(H,33,38)(H,34,35)(H,36,39). The summed E-state index contributed by atoms with van der Waals surface area (Å²) in [7, 11) is 0. The summed E-state index contributed by atoms with van der Waals surface area (Å²) in [6.07, 6.45) is 1.97. The summed E-state index contributed by atoms with van der Waals surface area (Å²) in [4.78, 5) is 34.4. The van der Waals surface area contributed by atoms with Crippen LogP contribution in [0.2, 0.25) is 0 Å². The van der Waals surface area contributed by atoms with E-state index in [0.29, 0.717) is 11.9 Å². The van der Waals surface area contributed by atoms with Crippen LogP contribution in [0.3, 0.4) is 0 Å². The van der Waals surface area contributed by atoms with Gasteiger partial charge in [-0.1, -0.05) is 66.7 Å². The molecule has 2 amide bonds. The van der Waals surface area contributed by atoms with Crippen LogP contribution >= 0.6 is 0 Å². The van der Waals surface area contributed by atoms with Crippen molar-refractivity contribution < 1.29 is 9.59 Å². The molecule has 39 heavy (non-hydrogen) atoms. The molecule has 7 nitrogen and oxygen atoms in total. The Morgan fingerprint density at radius 1 is 0.872 bits per heavy atom. The molecule has 7 heteroatoms. The van der Waals surface area contributed by atoms with Crippen LogP contribution < -0.4 is 16.0 Å². The largest absolute Gasteiger partial charge is 0.351 e. The van der Waals surface area contributed by atoms with Crippen molar-refractivity contribution in [2.45, 2.75) is 70.1 Å². The second-order valence-corrected chi connectivity index (χ2v) is 11.9. The Hall–Kier alpha value is -3.97. The third-order valence-electron chi connectivity index (χ3n) is 7.26. The van der Waals surface area contributed by atoms with E-state index in [1.165, 1.54) is 0 Å². The molecule has 1 atom stereocenters. The first-order chi connectivity index (χ1) is 18.6. The minimum atomic E-state index is -0.755. The van der Waals surface area contributed by atoms with Crippen molar-refractivity contribution in [1.82, 2.24) is 25.9 Å². The molecule has 4 N–H and O–H groups in total. The maximum atomic E-state index is 13.7. The van der Waals surface area contributed by atoms with E-state index in [-0.39, 0.29) is 28.9 Å². The summed E-state index contributed by atoms with van der Waals surface area (Å²) in [6, 6.07) is 25.0. The molecule has 1 aliphatic rings. The normalized spacial score (nSPS) is 17.4. The lowest BCUT2D eigenvalue weighted by Gasteiger charge is -2.46. The van der Waals surface area contributed by atoms with Crippen LogP contribution in [0.25, 0.3) is 22.2 Å². The van der Waals surface area contributed by atoms with Crippen LogP contribution in [-0.4, -0.2) is 44.9 Å². The van der Waals surface area contributed by atoms with Crippen molar-refractivity contribution in [2.24, 2.45) is 0 Å². The molecule has 0 aliphatic carbocycles. The van der Waals surface area contributed by atoms with Crippen molar-refractivity contribution in [1.29, 1.82) is 0 Å². The molecule has 202 valence electrons. The summed E-state index contributed by atoms with van der Waals surface area (Å²) >= 11 is 0. The molecule has 4 aromatic rings. The molecular weight excluding hydrogens is 486 g/mol. The number of aromatic nitrogens is 2. The average Bonchev–Trinajstić information content (AvgIpc) is 3.32. The van der Waals surface area contributed by atoms with Gasteiger partial charge in [0.1, 0.15) is 6.04 Å². The first-order valence-electron chi connectivity index (χ1n) is 13.6. The number of fused-ring (bicyclic) bond motifs is 1. The minimum Gasteiger partial charge on any atom is -0.351 e. The minimum absolute atomic E-state index is 0.00481. The number of carbonyl (C=O) groups is 2. The first-order valence-corrected chi connectivity index (χ1v) is 13.6. The lowest BCUT2D eigenvalue weighted by molar-refractivity contribution is -0.124. The Morgan fingerprint density at radius 3 is 2.15 bits per heavy atom. The summed E-state index contributed by atoms with van der Waals surface area (Å²) < 4.78 is 0. The van der Waals surface area contributed by atoms with Crippen molar-refractivity contribution in [2.75, 3.05) is 0 Å². The predicted molar refractivity (Wildman–Crippen MR) is 155 cm³/mol. The van der Waals surface area contributed by atoms with Gasteiger partial charge in [-0.05, 0) is 69.4 Å². The number of hydrogen-bond acceptors (Lipinski definition) is 4. The molecule has 0 bridgehead atoms. The van der Waals surface area contributed by atoms with Crippen molar-refractivity contribution in [3.63, 3.8) is 0 Å². The number of rotatable bonds is 7. The summed E-state index contributed by atoms with van der Waals surface area (Å²) in [6.45, 7) is 8.62. The van der Waals surface area contributed by atoms with Gasteiger partial charge in [0.2, 0.25) is 5.91 Å². The molecular formula is C32H37N5O2. The van der Waals surface area contributed by atoms with Gasteiger partial charge in [-0.2, -0.15) is 0 Å². The highest BCUT2D eigenvalue weighted by Gasteiger charge is 2.39. The van der Waals surface area contributed by atoms with Gasteiger partial charge in [0.15, 0.2) is 5.82 Å². The quantitative estimate of drug-likeness (QED) is 0.274. The van der Waals surface area contributed by atoms with E-state index >= 15 is 0 Å². The highest BCUT2D eigenvalue weighted by atomic mass is 16.2. The van der Waals surface area contributed by atoms with Gasteiger partial charge in [0.25, 0.3) is 5.91 Å². The molecule has 0 radical (unpaired) electrons. The second-order valence-electron chi connectivity index (χ2n) is 11.9. The zero-order valence-electron chi connectivity index (χ0n) is 23.0. The smallest absolute Gasteiger partial charge is 0.287 e. The number of imidazole rings is 1. The predicted octanol–water partition coefficient (Wildman–Crippen LogP) is 5.00. The zero-order chi connectivity index (χ0) is 27.6. The highest BCUT2D eigenvalue weighted by molar-refractivity contribution is 5.97. The number of para-hydroxylation sites is 2. The number of benzene rings is 3. The van der Waals surface area contributed by atoms with Gasteiger partial charge < -0.3 is 20.9 Å². The van der Waals surface area contributed by atoms with Gasteiger partial charge in [-0.15, -0.1) is 0 Å². The maximum Gasteiger partial charge on any atom is 0.287 e. The molecule has 1 saturated heterocycles. The molecule has 3 aromatic carbocycles. The molecule has 1 aliphatic heterocycles. The lowest BCUT2D eigenvalue weighted by Crippen LogP contribution is -2.63. The third-order valence-corrected chi connectivity index (χ3v) is 7.26. The molecule has 0 spiro atoms. The van der Waals surface area contributed by atoms with Crippen molar-refractivity contribution >= 4 is 22.8 Å². The van der Waals surface area contributed by atoms with Crippen LogP contribution in [0.5, 0.6) is 0 Å². The fourth-order valence-electron chi connectivity index (χ4n) is 5.92. The molecule has 5 rings (SSSR count). The second kappa shape index (κ2) is 10.7. The fraction of sp³-hybridized carbons (Fsp3) is 0.344. The van der Waals surface area contributed by atoms with E-state index in [0.717, 1.165) is 35.0 Å². The van der Waals surface area contributed by atoms with Crippen LogP contribution in [0.15, 0.2) is 78.9 Å². The molecule has 1 fully saturated rings. The average molecular weight is 524 g/mol. The van der Waals surface area contributed by atoms with E-state index in [2.05, 4.69) is 77.9 Å². The van der Waals surface area contributed by atoms with Crippen LogP contribution in [0.1, 0.15) is 56.7 Å². The van der Waals surface area contributed by atoms with Crippen LogP contribution in [-0.2, 0) is 11.2 Å². The van der Waals surface area contributed by atoms with E-state index < -0.39 is 11.9 Å². The Bertz CT molecular complexity index is 1410. The highest BCUT2D eigenvalue weighted by Crippen LogP contribution is 2.28. The summed E-state index contributed by atoms with van der Waals surface area (Å²) in [5.74, 6) is -0.402. The number of amides is 2. The van der Waals surface area contributed by atoms with Gasteiger partial charge in [-0.3, -0.25) is 9.59 Å². The SMILES string of the molecule is CC1(C)CC(NC(=O)C(Cc2ccc(-c3ccccc3)cc2)NC(=O)c2nc3ccccc3[nH]2)CC(C)(C)N1. The lowest BCUT2D eigenvalue weighted by atomic mass is 9.79. The Kier molecular flexibility index (Phi) is 7.28.